The Morgan fingerprint density at radius 2 is 1.89 bits per heavy atom. The van der Waals surface area contributed by atoms with Crippen LogP contribution in [0.25, 0.3) is 0 Å². The number of benzene rings is 1. The van der Waals surface area contributed by atoms with E-state index in [1.807, 2.05) is 0 Å². The zero-order chi connectivity index (χ0) is 12.8. The Morgan fingerprint density at radius 3 is 2.56 bits per heavy atom. The first-order chi connectivity index (χ1) is 8.77. The van der Waals surface area contributed by atoms with Crippen LogP contribution in [0.2, 0.25) is 0 Å². The number of hydrogen-bond donors (Lipinski definition) is 1. The van der Waals surface area contributed by atoms with Crippen molar-refractivity contribution in [1.82, 2.24) is 10.2 Å². The average Bonchev–Trinajstić information content (AvgIpc) is 2.93. The van der Waals surface area contributed by atoms with Gasteiger partial charge in [0.05, 0.1) is 0 Å². The zero-order valence-corrected chi connectivity index (χ0v) is 11.7. The summed E-state index contributed by atoms with van der Waals surface area (Å²) in [6.07, 6.45) is 5.63. The molecule has 0 radical (unpaired) electrons. The van der Waals surface area contributed by atoms with Crippen LogP contribution in [0.4, 0.5) is 0 Å². The standard InChI is InChI=1S/C16H26N2/c1-14(15-8-4-3-5-9-15)17-12-13-18(2)16-10-6-7-11-16/h3-5,8-9,14,16-17H,6-7,10-13H2,1-2H3. The summed E-state index contributed by atoms with van der Waals surface area (Å²) >= 11 is 0. The lowest BCUT2D eigenvalue weighted by Crippen LogP contribution is -2.36. The van der Waals surface area contributed by atoms with Gasteiger partial charge in [0.1, 0.15) is 0 Å². The van der Waals surface area contributed by atoms with Crippen LogP contribution in [0.1, 0.15) is 44.2 Å². The topological polar surface area (TPSA) is 15.3 Å². The van der Waals surface area contributed by atoms with Crippen molar-refractivity contribution < 1.29 is 0 Å². The first kappa shape index (κ1) is 13.6. The molecule has 1 N–H and O–H groups in total. The van der Waals surface area contributed by atoms with E-state index in [0.29, 0.717) is 6.04 Å². The number of likely N-dealkylation sites (N-methyl/N-ethyl adjacent to an activating group) is 1. The zero-order valence-electron chi connectivity index (χ0n) is 11.7. The van der Waals surface area contributed by atoms with Gasteiger partial charge in [0.25, 0.3) is 0 Å². The van der Waals surface area contributed by atoms with E-state index in [9.17, 15) is 0 Å². The van der Waals surface area contributed by atoms with Crippen LogP contribution in [0.5, 0.6) is 0 Å². The molecule has 1 saturated carbocycles. The van der Waals surface area contributed by atoms with Crippen LogP contribution in [-0.4, -0.2) is 31.1 Å². The van der Waals surface area contributed by atoms with E-state index < -0.39 is 0 Å². The van der Waals surface area contributed by atoms with Gasteiger partial charge < -0.3 is 10.2 Å². The van der Waals surface area contributed by atoms with E-state index in [1.165, 1.54) is 31.2 Å². The maximum Gasteiger partial charge on any atom is 0.0292 e. The SMILES string of the molecule is CC(NCCN(C)C1CCCC1)c1ccccc1. The highest BCUT2D eigenvalue weighted by Gasteiger charge is 2.18. The third kappa shape index (κ3) is 3.82. The summed E-state index contributed by atoms with van der Waals surface area (Å²) in [6, 6.07) is 12.0. The Labute approximate surface area is 111 Å². The first-order valence-corrected chi connectivity index (χ1v) is 7.26. The average molecular weight is 246 g/mol. The van der Waals surface area contributed by atoms with Gasteiger partial charge in [-0.1, -0.05) is 43.2 Å². The molecular formula is C16H26N2. The second kappa shape index (κ2) is 6.91. The normalized spacial score (nSPS) is 18.4. The lowest BCUT2D eigenvalue weighted by Gasteiger charge is -2.25. The van der Waals surface area contributed by atoms with Gasteiger partial charge in [0, 0.05) is 25.2 Å². The fourth-order valence-electron chi connectivity index (χ4n) is 2.84. The van der Waals surface area contributed by atoms with Crippen molar-refractivity contribution >= 4 is 0 Å². The Morgan fingerprint density at radius 1 is 1.22 bits per heavy atom. The number of rotatable bonds is 6. The number of nitrogens with one attached hydrogen (secondary N) is 1. The third-order valence-electron chi connectivity index (χ3n) is 4.16. The lowest BCUT2D eigenvalue weighted by atomic mass is 10.1. The van der Waals surface area contributed by atoms with Gasteiger partial charge in [-0.3, -0.25) is 0 Å². The van der Waals surface area contributed by atoms with Gasteiger partial charge in [-0.2, -0.15) is 0 Å². The molecule has 2 heteroatoms. The Hall–Kier alpha value is -0.860. The summed E-state index contributed by atoms with van der Waals surface area (Å²) in [7, 11) is 2.27. The molecule has 1 aliphatic carbocycles. The minimum absolute atomic E-state index is 0.447. The number of hydrogen-bond acceptors (Lipinski definition) is 2. The molecular weight excluding hydrogens is 220 g/mol. The minimum Gasteiger partial charge on any atom is -0.309 e. The molecule has 0 spiro atoms. The van der Waals surface area contributed by atoms with Crippen molar-refractivity contribution in [2.24, 2.45) is 0 Å². The predicted octanol–water partition coefficient (Wildman–Crippen LogP) is 3.21. The second-order valence-electron chi connectivity index (χ2n) is 5.51. The highest BCUT2D eigenvalue weighted by molar-refractivity contribution is 5.17. The van der Waals surface area contributed by atoms with Crippen LogP contribution < -0.4 is 5.32 Å². The van der Waals surface area contributed by atoms with Gasteiger partial charge in [0.15, 0.2) is 0 Å². The molecule has 1 aliphatic rings. The molecule has 0 aromatic heterocycles. The van der Waals surface area contributed by atoms with Crippen LogP contribution in [0, 0.1) is 0 Å². The molecule has 0 saturated heterocycles. The van der Waals surface area contributed by atoms with Gasteiger partial charge in [-0.05, 0) is 32.4 Å². The van der Waals surface area contributed by atoms with Crippen molar-refractivity contribution in [3.8, 4) is 0 Å². The van der Waals surface area contributed by atoms with Gasteiger partial charge in [0.2, 0.25) is 0 Å². The molecule has 0 heterocycles. The fraction of sp³-hybridized carbons (Fsp3) is 0.625. The second-order valence-corrected chi connectivity index (χ2v) is 5.51. The first-order valence-electron chi connectivity index (χ1n) is 7.26. The Bertz CT molecular complexity index is 330. The maximum absolute atomic E-state index is 3.61. The summed E-state index contributed by atoms with van der Waals surface area (Å²) in [5.41, 5.74) is 1.38. The molecule has 1 fully saturated rings. The Kier molecular flexibility index (Phi) is 5.21. The summed E-state index contributed by atoms with van der Waals surface area (Å²) in [6.45, 7) is 4.47. The van der Waals surface area contributed by atoms with Crippen molar-refractivity contribution in [3.05, 3.63) is 35.9 Å². The minimum atomic E-state index is 0.447. The van der Waals surface area contributed by atoms with E-state index in [-0.39, 0.29) is 0 Å². The molecule has 100 valence electrons. The smallest absolute Gasteiger partial charge is 0.0292 e. The molecule has 0 amide bonds. The quantitative estimate of drug-likeness (QED) is 0.829. The highest BCUT2D eigenvalue weighted by Crippen LogP contribution is 2.21. The fourth-order valence-corrected chi connectivity index (χ4v) is 2.84. The maximum atomic E-state index is 3.61. The van der Waals surface area contributed by atoms with E-state index in [4.69, 9.17) is 0 Å². The van der Waals surface area contributed by atoms with Crippen molar-refractivity contribution in [2.45, 2.75) is 44.7 Å². The lowest BCUT2D eigenvalue weighted by molar-refractivity contribution is 0.243. The molecule has 2 rings (SSSR count). The highest BCUT2D eigenvalue weighted by atomic mass is 15.1. The van der Waals surface area contributed by atoms with Gasteiger partial charge >= 0.3 is 0 Å². The van der Waals surface area contributed by atoms with Crippen LogP contribution in [0.3, 0.4) is 0 Å². The summed E-state index contributed by atoms with van der Waals surface area (Å²) < 4.78 is 0. The van der Waals surface area contributed by atoms with Crippen LogP contribution >= 0.6 is 0 Å². The van der Waals surface area contributed by atoms with Gasteiger partial charge in [-0.15, -0.1) is 0 Å². The van der Waals surface area contributed by atoms with Crippen molar-refractivity contribution in [2.75, 3.05) is 20.1 Å². The van der Waals surface area contributed by atoms with E-state index >= 15 is 0 Å². The molecule has 1 unspecified atom stereocenters. The summed E-state index contributed by atoms with van der Waals surface area (Å²) in [5.74, 6) is 0. The monoisotopic (exact) mass is 246 g/mol. The molecule has 2 nitrogen and oxygen atoms in total. The van der Waals surface area contributed by atoms with E-state index in [0.717, 1.165) is 19.1 Å². The summed E-state index contributed by atoms with van der Waals surface area (Å²) in [4.78, 5) is 2.53. The van der Waals surface area contributed by atoms with Gasteiger partial charge in [-0.25, -0.2) is 0 Å². The predicted molar refractivity (Wildman–Crippen MR) is 77.7 cm³/mol. The third-order valence-corrected chi connectivity index (χ3v) is 4.16. The van der Waals surface area contributed by atoms with E-state index in [2.05, 4.69) is 54.5 Å². The Balaban J connectivity index is 1.68. The van der Waals surface area contributed by atoms with Crippen molar-refractivity contribution in [1.29, 1.82) is 0 Å². The van der Waals surface area contributed by atoms with E-state index in [1.54, 1.807) is 0 Å². The molecule has 18 heavy (non-hydrogen) atoms. The van der Waals surface area contributed by atoms with Crippen molar-refractivity contribution in [3.63, 3.8) is 0 Å². The molecule has 1 aromatic carbocycles. The molecule has 0 bridgehead atoms. The molecule has 1 aromatic rings. The summed E-state index contributed by atoms with van der Waals surface area (Å²) in [5, 5.41) is 3.61. The molecule has 1 atom stereocenters. The number of nitrogens with zero attached hydrogens (tertiary/aromatic N) is 1. The largest absolute Gasteiger partial charge is 0.309 e. The van der Waals surface area contributed by atoms with Crippen LogP contribution in [0.15, 0.2) is 30.3 Å². The molecule has 0 aliphatic heterocycles. The van der Waals surface area contributed by atoms with Crippen LogP contribution in [-0.2, 0) is 0 Å².